The standard InChI is InChI=1S/C38H66O4/c1-3-5-7-9-11-13-15-17-19-21-27-41-37-31-25-23-29-33-30(36(40)35(29)39)24-26-32(34(31)33)38(37)42-28-22-20-18-16-14-12-10-8-6-4-2/h29-34,37-38H,3-28H2,1-2H3. The Labute approximate surface area is 259 Å². The molecule has 6 atom stereocenters. The summed E-state index contributed by atoms with van der Waals surface area (Å²) >= 11 is 0. The van der Waals surface area contributed by atoms with E-state index >= 15 is 0 Å². The molecule has 0 heterocycles. The largest absolute Gasteiger partial charge is 0.375 e. The summed E-state index contributed by atoms with van der Waals surface area (Å²) in [6, 6.07) is 0. The van der Waals surface area contributed by atoms with E-state index in [1.54, 1.807) is 0 Å². The maximum Gasteiger partial charge on any atom is 0.202 e. The van der Waals surface area contributed by atoms with Crippen LogP contribution in [0.2, 0.25) is 0 Å². The number of ketones is 2. The second kappa shape index (κ2) is 18.9. The van der Waals surface area contributed by atoms with E-state index in [4.69, 9.17) is 9.47 Å². The summed E-state index contributed by atoms with van der Waals surface area (Å²) in [6.45, 7) is 6.25. The molecule has 0 radical (unpaired) electrons. The van der Waals surface area contributed by atoms with Gasteiger partial charge in [0, 0.05) is 25.0 Å². The third-order valence-corrected chi connectivity index (χ3v) is 11.7. The number of hydrogen-bond donors (Lipinski definition) is 0. The van der Waals surface area contributed by atoms with Crippen molar-refractivity contribution in [2.75, 3.05) is 13.2 Å². The van der Waals surface area contributed by atoms with Gasteiger partial charge in [0.05, 0.1) is 12.2 Å². The zero-order chi connectivity index (χ0) is 29.6. The molecule has 6 unspecified atom stereocenters. The lowest BCUT2D eigenvalue weighted by Crippen LogP contribution is -2.41. The van der Waals surface area contributed by atoms with Crippen molar-refractivity contribution in [3.63, 3.8) is 0 Å². The van der Waals surface area contributed by atoms with E-state index in [1.807, 2.05) is 0 Å². The van der Waals surface area contributed by atoms with Gasteiger partial charge in [-0.1, -0.05) is 129 Å². The summed E-state index contributed by atoms with van der Waals surface area (Å²) in [6.07, 6.45) is 31.0. The van der Waals surface area contributed by atoms with Crippen molar-refractivity contribution in [2.24, 2.45) is 35.5 Å². The van der Waals surface area contributed by atoms with Crippen molar-refractivity contribution < 1.29 is 19.1 Å². The van der Waals surface area contributed by atoms with Crippen LogP contribution in [0.4, 0.5) is 0 Å². The monoisotopic (exact) mass is 586 g/mol. The molecule has 0 aromatic carbocycles. The summed E-state index contributed by atoms with van der Waals surface area (Å²) in [5.74, 6) is 1.58. The first kappa shape index (κ1) is 34.1. The third kappa shape index (κ3) is 9.15. The first-order valence-electron chi connectivity index (χ1n) is 19.0. The maximum atomic E-state index is 12.8. The van der Waals surface area contributed by atoms with Crippen molar-refractivity contribution in [3.05, 3.63) is 0 Å². The molecule has 0 saturated heterocycles. The van der Waals surface area contributed by atoms with E-state index in [0.29, 0.717) is 17.8 Å². The summed E-state index contributed by atoms with van der Waals surface area (Å²) in [4.78, 5) is 25.7. The Morgan fingerprint density at radius 2 is 0.786 bits per heavy atom. The first-order valence-corrected chi connectivity index (χ1v) is 19.0. The molecule has 0 spiro atoms. The number of hydrogen-bond acceptors (Lipinski definition) is 4. The molecular formula is C38H66O4. The van der Waals surface area contributed by atoms with Gasteiger partial charge in [-0.2, -0.15) is 0 Å². The lowest BCUT2D eigenvalue weighted by molar-refractivity contribution is -0.137. The molecule has 0 N–H and O–H groups in total. The van der Waals surface area contributed by atoms with Crippen molar-refractivity contribution in [1.29, 1.82) is 0 Å². The van der Waals surface area contributed by atoms with Gasteiger partial charge in [0.2, 0.25) is 11.6 Å². The number of rotatable bonds is 24. The van der Waals surface area contributed by atoms with E-state index in [1.165, 1.54) is 116 Å². The van der Waals surface area contributed by atoms with Crippen LogP contribution in [-0.4, -0.2) is 37.0 Å². The fourth-order valence-electron chi connectivity index (χ4n) is 9.50. The van der Waals surface area contributed by atoms with E-state index in [-0.39, 0.29) is 41.5 Å². The van der Waals surface area contributed by atoms with Crippen LogP contribution in [0.3, 0.4) is 0 Å². The number of Topliss-reactive ketones (excluding diaryl/α,β-unsaturated/α-hetero) is 2. The minimum absolute atomic E-state index is 0.00473. The van der Waals surface area contributed by atoms with Crippen LogP contribution in [0.1, 0.15) is 168 Å². The van der Waals surface area contributed by atoms with Gasteiger partial charge in [0.15, 0.2) is 0 Å². The van der Waals surface area contributed by atoms with E-state index < -0.39 is 0 Å². The van der Waals surface area contributed by atoms with Gasteiger partial charge in [-0.25, -0.2) is 0 Å². The number of carbonyl (C=O) groups excluding carboxylic acids is 2. The first-order chi connectivity index (χ1) is 20.7. The highest BCUT2D eigenvalue weighted by Gasteiger charge is 2.65. The zero-order valence-electron chi connectivity index (χ0n) is 27.6. The Bertz CT molecular complexity index is 717. The SMILES string of the molecule is CCCCCCCCCCCCOC1C2CCC3C(=O)C(=O)C4CCC(C1OCCCCCCCCCCCC)C2C34. The summed E-state index contributed by atoms with van der Waals surface area (Å²) < 4.78 is 13.5. The Balaban J connectivity index is 1.21. The second-order valence-electron chi connectivity index (χ2n) is 14.6. The summed E-state index contributed by atoms with van der Waals surface area (Å²) in [7, 11) is 0. The molecule has 0 aromatic rings. The topological polar surface area (TPSA) is 52.6 Å². The molecule has 0 bridgehead atoms. The fraction of sp³-hybridized carbons (Fsp3) is 0.947. The smallest absolute Gasteiger partial charge is 0.202 e. The molecule has 42 heavy (non-hydrogen) atoms. The molecule has 0 aliphatic heterocycles. The van der Waals surface area contributed by atoms with Crippen LogP contribution in [-0.2, 0) is 19.1 Å². The fourth-order valence-corrected chi connectivity index (χ4v) is 9.50. The molecule has 4 heteroatoms. The summed E-state index contributed by atoms with van der Waals surface area (Å²) in [5.41, 5.74) is 0. The Hall–Kier alpha value is -0.740. The zero-order valence-corrected chi connectivity index (χ0v) is 27.6. The van der Waals surface area contributed by atoms with Crippen LogP contribution < -0.4 is 0 Å². The molecule has 4 rings (SSSR count). The average molecular weight is 587 g/mol. The molecule has 0 amide bonds. The van der Waals surface area contributed by atoms with Crippen molar-refractivity contribution >= 4 is 11.6 Å². The Kier molecular flexibility index (Phi) is 15.4. The van der Waals surface area contributed by atoms with Crippen molar-refractivity contribution in [1.82, 2.24) is 0 Å². The molecule has 4 aliphatic rings. The van der Waals surface area contributed by atoms with E-state index in [9.17, 15) is 9.59 Å². The molecule has 4 fully saturated rings. The van der Waals surface area contributed by atoms with E-state index in [0.717, 1.165) is 51.7 Å². The normalized spacial score (nSPS) is 31.7. The predicted octanol–water partition coefficient (Wildman–Crippen LogP) is 10.0. The Morgan fingerprint density at radius 1 is 0.452 bits per heavy atom. The molecule has 4 aliphatic carbocycles. The van der Waals surface area contributed by atoms with Crippen molar-refractivity contribution in [3.8, 4) is 0 Å². The van der Waals surface area contributed by atoms with Gasteiger partial charge in [-0.3, -0.25) is 9.59 Å². The van der Waals surface area contributed by atoms with Gasteiger partial charge in [0.25, 0.3) is 0 Å². The van der Waals surface area contributed by atoms with Gasteiger partial charge in [0.1, 0.15) is 0 Å². The highest BCUT2D eigenvalue weighted by Crippen LogP contribution is 2.62. The van der Waals surface area contributed by atoms with Gasteiger partial charge < -0.3 is 9.47 Å². The van der Waals surface area contributed by atoms with Crippen LogP contribution in [0.15, 0.2) is 0 Å². The lowest BCUT2D eigenvalue weighted by Gasteiger charge is -2.44. The maximum absolute atomic E-state index is 12.8. The predicted molar refractivity (Wildman–Crippen MR) is 173 cm³/mol. The van der Waals surface area contributed by atoms with Gasteiger partial charge in [-0.15, -0.1) is 0 Å². The highest BCUT2D eigenvalue weighted by molar-refractivity contribution is 6.41. The lowest BCUT2D eigenvalue weighted by atomic mass is 9.59. The van der Waals surface area contributed by atoms with Gasteiger partial charge in [-0.05, 0) is 62.2 Å². The number of unbranched alkanes of at least 4 members (excludes halogenated alkanes) is 18. The quantitative estimate of drug-likeness (QED) is 0.0834. The Morgan fingerprint density at radius 3 is 1.14 bits per heavy atom. The molecule has 4 saturated carbocycles. The van der Waals surface area contributed by atoms with Crippen molar-refractivity contribution in [2.45, 2.75) is 180 Å². The van der Waals surface area contributed by atoms with Crippen LogP contribution in [0, 0.1) is 35.5 Å². The molecule has 4 nitrogen and oxygen atoms in total. The van der Waals surface area contributed by atoms with Crippen LogP contribution in [0.25, 0.3) is 0 Å². The van der Waals surface area contributed by atoms with E-state index in [2.05, 4.69) is 13.8 Å². The molecular weight excluding hydrogens is 520 g/mol. The molecule has 242 valence electrons. The highest BCUT2D eigenvalue weighted by atomic mass is 16.5. The number of carbonyl (C=O) groups is 2. The summed E-state index contributed by atoms with van der Waals surface area (Å²) in [5, 5.41) is 0. The van der Waals surface area contributed by atoms with Crippen LogP contribution in [0.5, 0.6) is 0 Å². The van der Waals surface area contributed by atoms with Crippen LogP contribution >= 0.6 is 0 Å². The third-order valence-electron chi connectivity index (χ3n) is 11.7. The average Bonchev–Trinajstić information content (AvgIpc) is 3.44. The van der Waals surface area contributed by atoms with Gasteiger partial charge >= 0.3 is 0 Å². The second-order valence-corrected chi connectivity index (χ2v) is 14.6. The molecule has 0 aromatic heterocycles. The number of ether oxygens (including phenoxy) is 2. The minimum Gasteiger partial charge on any atom is -0.375 e. The minimum atomic E-state index is -0.0401.